The van der Waals surface area contributed by atoms with Crippen molar-refractivity contribution in [1.29, 1.82) is 0 Å². The summed E-state index contributed by atoms with van der Waals surface area (Å²) in [6.45, 7) is 6.81. The van der Waals surface area contributed by atoms with E-state index in [-0.39, 0.29) is 23.0 Å². The first kappa shape index (κ1) is 13.5. The monoisotopic (exact) mass is 229 g/mol. The van der Waals surface area contributed by atoms with Crippen LogP contribution >= 0.6 is 0 Å². The molecule has 2 atom stereocenters. The van der Waals surface area contributed by atoms with Crippen molar-refractivity contribution in [2.75, 3.05) is 20.8 Å². The fourth-order valence-corrected chi connectivity index (χ4v) is 2.18. The Bertz CT molecular complexity index is 265. The lowest BCUT2D eigenvalue weighted by molar-refractivity contribution is -0.182. The number of amides is 1. The van der Waals surface area contributed by atoms with Gasteiger partial charge < -0.3 is 14.8 Å². The second-order valence-corrected chi connectivity index (χ2v) is 5.22. The summed E-state index contributed by atoms with van der Waals surface area (Å²) in [6, 6.07) is 0.196. The molecule has 1 amide bonds. The fourth-order valence-electron chi connectivity index (χ4n) is 2.18. The van der Waals surface area contributed by atoms with Crippen LogP contribution in [0.25, 0.3) is 0 Å². The Morgan fingerprint density at radius 1 is 1.38 bits per heavy atom. The first-order chi connectivity index (χ1) is 7.37. The highest BCUT2D eigenvalue weighted by molar-refractivity contribution is 5.76. The van der Waals surface area contributed by atoms with Gasteiger partial charge in [-0.25, -0.2) is 0 Å². The molecule has 1 aliphatic carbocycles. The van der Waals surface area contributed by atoms with Gasteiger partial charge in [0.05, 0.1) is 12.2 Å². The molecular weight excluding hydrogens is 206 g/mol. The minimum absolute atomic E-state index is 0.0233. The van der Waals surface area contributed by atoms with Gasteiger partial charge in [-0.05, 0) is 13.3 Å². The maximum Gasteiger partial charge on any atom is 0.222 e. The second-order valence-electron chi connectivity index (χ2n) is 5.22. The largest absolute Gasteiger partial charge is 0.384 e. The number of carbonyl (C=O) groups excluding carboxylic acids is 1. The lowest BCUT2D eigenvalue weighted by Crippen LogP contribution is -2.68. The van der Waals surface area contributed by atoms with Crippen molar-refractivity contribution >= 4 is 5.91 Å². The Kier molecular flexibility index (Phi) is 3.97. The van der Waals surface area contributed by atoms with Crippen LogP contribution in [0.15, 0.2) is 0 Å². The molecule has 1 fully saturated rings. The van der Waals surface area contributed by atoms with Crippen molar-refractivity contribution in [3.8, 4) is 0 Å². The number of rotatable bonds is 5. The van der Waals surface area contributed by atoms with E-state index in [4.69, 9.17) is 9.47 Å². The quantitative estimate of drug-likeness (QED) is 0.774. The first-order valence-electron chi connectivity index (χ1n) is 5.71. The Morgan fingerprint density at radius 3 is 2.44 bits per heavy atom. The van der Waals surface area contributed by atoms with Crippen molar-refractivity contribution in [1.82, 2.24) is 5.32 Å². The minimum atomic E-state index is -0.133. The molecule has 4 nitrogen and oxygen atoms in total. The van der Waals surface area contributed by atoms with Crippen molar-refractivity contribution in [2.24, 2.45) is 5.41 Å². The minimum Gasteiger partial charge on any atom is -0.384 e. The van der Waals surface area contributed by atoms with Crippen LogP contribution in [0.2, 0.25) is 0 Å². The molecule has 0 aromatic heterocycles. The number of nitrogens with one attached hydrogen (secondary N) is 1. The van der Waals surface area contributed by atoms with E-state index < -0.39 is 0 Å². The van der Waals surface area contributed by atoms with Crippen LogP contribution in [0.3, 0.4) is 0 Å². The molecule has 0 saturated heterocycles. The van der Waals surface area contributed by atoms with Crippen LogP contribution in [0.5, 0.6) is 0 Å². The van der Waals surface area contributed by atoms with Crippen LogP contribution in [-0.4, -0.2) is 38.4 Å². The summed E-state index contributed by atoms with van der Waals surface area (Å²) in [5, 5.41) is 3.03. The highest BCUT2D eigenvalue weighted by Gasteiger charge is 2.58. The summed E-state index contributed by atoms with van der Waals surface area (Å²) in [5.74, 6) is 0.0538. The Hall–Kier alpha value is -0.610. The van der Waals surface area contributed by atoms with E-state index in [9.17, 15) is 4.79 Å². The molecule has 94 valence electrons. The van der Waals surface area contributed by atoms with Crippen LogP contribution in [-0.2, 0) is 14.3 Å². The van der Waals surface area contributed by atoms with Gasteiger partial charge in [-0.2, -0.15) is 0 Å². The van der Waals surface area contributed by atoms with Crippen LogP contribution in [0.4, 0.5) is 0 Å². The molecule has 16 heavy (non-hydrogen) atoms. The zero-order chi connectivity index (χ0) is 12.4. The van der Waals surface area contributed by atoms with Gasteiger partial charge in [0, 0.05) is 32.1 Å². The van der Waals surface area contributed by atoms with Crippen molar-refractivity contribution < 1.29 is 14.3 Å². The molecular formula is C12H23NO3. The fraction of sp³-hybridized carbons (Fsp3) is 0.917. The summed E-state index contributed by atoms with van der Waals surface area (Å²) in [6.07, 6.45) is 1.29. The Balaban J connectivity index is 2.45. The number of hydrogen-bond acceptors (Lipinski definition) is 3. The maximum absolute atomic E-state index is 11.6. The van der Waals surface area contributed by atoms with Crippen LogP contribution in [0.1, 0.15) is 33.6 Å². The molecule has 0 bridgehead atoms. The van der Waals surface area contributed by atoms with E-state index in [0.29, 0.717) is 13.0 Å². The molecule has 1 saturated carbocycles. The zero-order valence-electron chi connectivity index (χ0n) is 10.9. The molecule has 1 rings (SSSR count). The highest BCUT2D eigenvalue weighted by Crippen LogP contribution is 2.51. The summed E-state index contributed by atoms with van der Waals surface area (Å²) < 4.78 is 10.4. The topological polar surface area (TPSA) is 47.6 Å². The molecule has 0 aromatic rings. The lowest BCUT2D eigenvalue weighted by Gasteiger charge is -2.59. The average molecular weight is 229 g/mol. The van der Waals surface area contributed by atoms with E-state index in [1.807, 2.05) is 0 Å². The number of methoxy groups -OCH3 is 2. The van der Waals surface area contributed by atoms with E-state index in [0.717, 1.165) is 6.42 Å². The van der Waals surface area contributed by atoms with Crippen molar-refractivity contribution in [3.63, 3.8) is 0 Å². The van der Waals surface area contributed by atoms with Gasteiger partial charge in [0.1, 0.15) is 0 Å². The van der Waals surface area contributed by atoms with E-state index >= 15 is 0 Å². The first-order valence-corrected chi connectivity index (χ1v) is 5.71. The number of hydrogen-bond donors (Lipinski definition) is 1. The third-order valence-electron chi connectivity index (χ3n) is 4.15. The van der Waals surface area contributed by atoms with E-state index in [1.54, 1.807) is 14.2 Å². The SMILES string of the molecule is COCCC(=O)N[C@H]1C[C@](C)(OC)C1(C)C. The highest BCUT2D eigenvalue weighted by atomic mass is 16.5. The van der Waals surface area contributed by atoms with E-state index in [1.165, 1.54) is 0 Å². The maximum atomic E-state index is 11.6. The standard InChI is InChI=1S/C12H23NO3/c1-11(2)9(8-12(11,3)16-5)13-10(14)6-7-15-4/h9H,6-8H2,1-5H3,(H,13,14)/t9-,12-/m0/s1. The Labute approximate surface area is 97.7 Å². The summed E-state index contributed by atoms with van der Waals surface area (Å²) in [5.41, 5.74) is -0.156. The smallest absolute Gasteiger partial charge is 0.222 e. The molecule has 0 unspecified atom stereocenters. The molecule has 0 spiro atoms. The average Bonchev–Trinajstić information content (AvgIpc) is 2.25. The van der Waals surface area contributed by atoms with Gasteiger partial charge >= 0.3 is 0 Å². The molecule has 4 heteroatoms. The molecule has 1 aliphatic rings. The molecule has 0 radical (unpaired) electrons. The number of ether oxygens (including phenoxy) is 2. The number of carbonyl (C=O) groups is 1. The zero-order valence-corrected chi connectivity index (χ0v) is 10.9. The van der Waals surface area contributed by atoms with Crippen molar-refractivity contribution in [2.45, 2.75) is 45.3 Å². The van der Waals surface area contributed by atoms with Crippen LogP contribution in [0, 0.1) is 5.41 Å². The predicted molar refractivity (Wildman–Crippen MR) is 62.2 cm³/mol. The lowest BCUT2D eigenvalue weighted by atomic mass is 9.56. The normalized spacial score (nSPS) is 31.9. The molecule has 1 N–H and O–H groups in total. The van der Waals surface area contributed by atoms with Crippen LogP contribution < -0.4 is 5.32 Å². The molecule has 0 heterocycles. The Morgan fingerprint density at radius 2 is 2.00 bits per heavy atom. The molecule has 0 aliphatic heterocycles. The van der Waals surface area contributed by atoms with Crippen molar-refractivity contribution in [3.05, 3.63) is 0 Å². The van der Waals surface area contributed by atoms with Gasteiger partial charge in [-0.15, -0.1) is 0 Å². The summed E-state index contributed by atoms with van der Waals surface area (Å²) in [7, 11) is 3.33. The van der Waals surface area contributed by atoms with E-state index in [2.05, 4.69) is 26.1 Å². The van der Waals surface area contributed by atoms with Gasteiger partial charge in [-0.1, -0.05) is 13.8 Å². The van der Waals surface area contributed by atoms with Gasteiger partial charge in [-0.3, -0.25) is 4.79 Å². The third kappa shape index (κ3) is 2.23. The summed E-state index contributed by atoms with van der Waals surface area (Å²) >= 11 is 0. The summed E-state index contributed by atoms with van der Waals surface area (Å²) in [4.78, 5) is 11.6. The molecule has 0 aromatic carbocycles. The van der Waals surface area contributed by atoms with Gasteiger partial charge in [0.15, 0.2) is 0 Å². The van der Waals surface area contributed by atoms with Gasteiger partial charge in [0.25, 0.3) is 0 Å². The van der Waals surface area contributed by atoms with Gasteiger partial charge in [0.2, 0.25) is 5.91 Å². The predicted octanol–water partition coefficient (Wildman–Crippen LogP) is 1.34. The second kappa shape index (κ2) is 4.72. The third-order valence-corrected chi connectivity index (χ3v) is 4.15.